The first-order valence-electron chi connectivity index (χ1n) is 6.12. The average Bonchev–Trinajstić information content (AvgIpc) is 2.82. The van der Waals surface area contributed by atoms with Crippen LogP contribution in [0.5, 0.6) is 0 Å². The molecule has 1 aromatic heterocycles. The highest BCUT2D eigenvalue weighted by molar-refractivity contribution is 7.91. The third kappa shape index (κ3) is 3.48. The lowest BCUT2D eigenvalue weighted by molar-refractivity contribution is 0.191. The topological polar surface area (TPSA) is 66.5 Å². The molecule has 0 spiro atoms. The predicted molar refractivity (Wildman–Crippen MR) is 76.1 cm³/mol. The van der Waals surface area contributed by atoms with Gasteiger partial charge in [0.15, 0.2) is 9.84 Å². The van der Waals surface area contributed by atoms with Crippen LogP contribution in [0.3, 0.4) is 0 Å². The summed E-state index contributed by atoms with van der Waals surface area (Å²) < 4.78 is 22.7. The Bertz CT molecular complexity index is 536. The van der Waals surface area contributed by atoms with E-state index in [2.05, 4.69) is 5.32 Å². The second-order valence-corrected chi connectivity index (χ2v) is 8.42. The number of rotatable bonds is 2. The van der Waals surface area contributed by atoms with E-state index in [1.54, 1.807) is 16.2 Å². The van der Waals surface area contributed by atoms with E-state index >= 15 is 0 Å². The molecule has 1 saturated heterocycles. The highest BCUT2D eigenvalue weighted by atomic mass is 32.2. The molecule has 106 valence electrons. The smallest absolute Gasteiger partial charge is 0.318 e. The van der Waals surface area contributed by atoms with E-state index in [1.165, 1.54) is 0 Å². The van der Waals surface area contributed by atoms with Gasteiger partial charge in [-0.1, -0.05) is 6.07 Å². The Morgan fingerprint density at radius 1 is 1.37 bits per heavy atom. The van der Waals surface area contributed by atoms with Crippen LogP contribution in [-0.2, 0) is 15.4 Å². The van der Waals surface area contributed by atoms with E-state index in [-0.39, 0.29) is 30.6 Å². The molecule has 0 atom stereocenters. The van der Waals surface area contributed by atoms with Gasteiger partial charge < -0.3 is 10.2 Å². The minimum atomic E-state index is -2.96. The summed E-state index contributed by atoms with van der Waals surface area (Å²) in [6.07, 6.45) is 0. The van der Waals surface area contributed by atoms with Crippen LogP contribution in [0.15, 0.2) is 17.5 Å². The van der Waals surface area contributed by atoms with Crippen LogP contribution in [-0.4, -0.2) is 43.9 Å². The normalized spacial score (nSPS) is 19.2. The van der Waals surface area contributed by atoms with Crippen LogP contribution < -0.4 is 5.32 Å². The molecule has 1 N–H and O–H groups in total. The van der Waals surface area contributed by atoms with Crippen molar-refractivity contribution in [1.82, 2.24) is 10.2 Å². The monoisotopic (exact) mass is 302 g/mol. The van der Waals surface area contributed by atoms with Crippen LogP contribution in [0, 0.1) is 0 Å². The van der Waals surface area contributed by atoms with Gasteiger partial charge in [-0.25, -0.2) is 13.2 Å². The number of thiophene rings is 1. The maximum absolute atomic E-state index is 12.1. The Hall–Kier alpha value is -1.08. The van der Waals surface area contributed by atoms with Crippen molar-refractivity contribution in [3.63, 3.8) is 0 Å². The van der Waals surface area contributed by atoms with Crippen molar-refractivity contribution in [2.45, 2.75) is 19.4 Å². The van der Waals surface area contributed by atoms with Crippen LogP contribution >= 0.6 is 11.3 Å². The molecule has 0 aliphatic carbocycles. The van der Waals surface area contributed by atoms with Gasteiger partial charge in [0.2, 0.25) is 0 Å². The summed E-state index contributed by atoms with van der Waals surface area (Å²) in [4.78, 5) is 14.8. The summed E-state index contributed by atoms with van der Waals surface area (Å²) in [5.41, 5.74) is -0.443. The SMILES string of the molecule is CC(C)(NC(=O)N1CCS(=O)(=O)CC1)c1cccs1. The number of hydrogen-bond donors (Lipinski definition) is 1. The second-order valence-electron chi connectivity index (χ2n) is 5.17. The van der Waals surface area contributed by atoms with Gasteiger partial charge in [0, 0.05) is 18.0 Å². The summed E-state index contributed by atoms with van der Waals surface area (Å²) in [7, 11) is -2.96. The number of nitrogens with one attached hydrogen (secondary N) is 1. The fourth-order valence-corrected chi connectivity index (χ4v) is 3.97. The lowest BCUT2D eigenvalue weighted by Gasteiger charge is -2.32. The zero-order chi connectivity index (χ0) is 14.1. The Balaban J connectivity index is 1.98. The molecular formula is C12H18N2O3S2. The maximum Gasteiger partial charge on any atom is 0.318 e. The van der Waals surface area contributed by atoms with Gasteiger partial charge >= 0.3 is 6.03 Å². The Kier molecular flexibility index (Phi) is 3.87. The number of nitrogens with zero attached hydrogens (tertiary/aromatic N) is 1. The van der Waals surface area contributed by atoms with Gasteiger partial charge in [0.1, 0.15) is 0 Å². The van der Waals surface area contributed by atoms with Crippen molar-refractivity contribution in [3.8, 4) is 0 Å². The average molecular weight is 302 g/mol. The quantitative estimate of drug-likeness (QED) is 0.898. The van der Waals surface area contributed by atoms with E-state index in [4.69, 9.17) is 0 Å². The largest absolute Gasteiger partial charge is 0.328 e. The molecule has 5 nitrogen and oxygen atoms in total. The molecule has 1 aliphatic heterocycles. The highest BCUT2D eigenvalue weighted by Gasteiger charge is 2.29. The molecule has 0 aromatic carbocycles. The van der Waals surface area contributed by atoms with Crippen molar-refractivity contribution in [1.29, 1.82) is 0 Å². The minimum absolute atomic E-state index is 0.0554. The van der Waals surface area contributed by atoms with Crippen LogP contribution in [0.4, 0.5) is 4.79 Å². The third-order valence-electron chi connectivity index (χ3n) is 3.19. The Morgan fingerprint density at radius 3 is 2.53 bits per heavy atom. The Morgan fingerprint density at radius 2 is 2.00 bits per heavy atom. The molecule has 1 aromatic rings. The van der Waals surface area contributed by atoms with Gasteiger partial charge in [-0.2, -0.15) is 0 Å². The summed E-state index contributed by atoms with van der Waals surface area (Å²) >= 11 is 1.59. The van der Waals surface area contributed by atoms with Gasteiger partial charge in [-0.15, -0.1) is 11.3 Å². The standard InChI is InChI=1S/C12H18N2O3S2/c1-12(2,10-4-3-7-18-10)13-11(15)14-5-8-19(16,17)9-6-14/h3-4,7H,5-6,8-9H2,1-2H3,(H,13,15). The van der Waals surface area contributed by atoms with Gasteiger partial charge in [-0.05, 0) is 25.3 Å². The van der Waals surface area contributed by atoms with Crippen molar-refractivity contribution in [3.05, 3.63) is 22.4 Å². The number of carbonyl (C=O) groups excluding carboxylic acids is 1. The summed E-state index contributed by atoms with van der Waals surface area (Å²) in [5.74, 6) is 0.111. The fraction of sp³-hybridized carbons (Fsp3) is 0.583. The van der Waals surface area contributed by atoms with Crippen LogP contribution in [0.1, 0.15) is 18.7 Å². The molecular weight excluding hydrogens is 284 g/mol. The number of carbonyl (C=O) groups is 1. The molecule has 0 bridgehead atoms. The van der Waals surface area contributed by atoms with Crippen LogP contribution in [0.25, 0.3) is 0 Å². The van der Waals surface area contributed by atoms with Gasteiger partial charge in [0.05, 0.1) is 17.0 Å². The molecule has 0 unspecified atom stereocenters. The number of hydrogen-bond acceptors (Lipinski definition) is 4. The van der Waals surface area contributed by atoms with E-state index < -0.39 is 15.4 Å². The van der Waals surface area contributed by atoms with Crippen molar-refractivity contribution in [2.24, 2.45) is 0 Å². The molecule has 1 aliphatic rings. The number of amides is 2. The Labute approximate surface area is 117 Å². The molecule has 7 heteroatoms. The summed E-state index contributed by atoms with van der Waals surface area (Å²) in [6.45, 7) is 4.43. The van der Waals surface area contributed by atoms with Crippen LogP contribution in [0.2, 0.25) is 0 Å². The van der Waals surface area contributed by atoms with E-state index in [9.17, 15) is 13.2 Å². The fourth-order valence-electron chi connectivity index (χ4n) is 1.96. The summed E-state index contributed by atoms with van der Waals surface area (Å²) in [5, 5.41) is 4.93. The van der Waals surface area contributed by atoms with Crippen molar-refractivity contribution >= 4 is 27.2 Å². The molecule has 2 rings (SSSR count). The van der Waals surface area contributed by atoms with E-state index in [0.29, 0.717) is 0 Å². The van der Waals surface area contributed by atoms with Gasteiger partial charge in [0.25, 0.3) is 0 Å². The molecule has 0 saturated carbocycles. The molecule has 1 fully saturated rings. The van der Waals surface area contributed by atoms with E-state index in [0.717, 1.165) is 4.88 Å². The first kappa shape index (κ1) is 14.3. The third-order valence-corrected chi connectivity index (χ3v) is 5.99. The maximum atomic E-state index is 12.1. The zero-order valence-corrected chi connectivity index (χ0v) is 12.7. The minimum Gasteiger partial charge on any atom is -0.328 e. The molecule has 2 amide bonds. The van der Waals surface area contributed by atoms with Gasteiger partial charge in [-0.3, -0.25) is 0 Å². The first-order chi connectivity index (χ1) is 8.80. The molecule has 19 heavy (non-hydrogen) atoms. The second kappa shape index (κ2) is 5.13. The predicted octanol–water partition coefficient (Wildman–Crippen LogP) is 1.42. The number of urea groups is 1. The molecule has 2 heterocycles. The first-order valence-corrected chi connectivity index (χ1v) is 8.82. The zero-order valence-electron chi connectivity index (χ0n) is 11.0. The highest BCUT2D eigenvalue weighted by Crippen LogP contribution is 2.25. The lowest BCUT2D eigenvalue weighted by atomic mass is 10.0. The van der Waals surface area contributed by atoms with E-state index in [1.807, 2.05) is 31.4 Å². The van der Waals surface area contributed by atoms with Crippen molar-refractivity contribution < 1.29 is 13.2 Å². The summed E-state index contributed by atoms with van der Waals surface area (Å²) in [6, 6.07) is 3.72. The number of sulfone groups is 1. The molecule has 0 radical (unpaired) electrons. The van der Waals surface area contributed by atoms with Crippen molar-refractivity contribution in [2.75, 3.05) is 24.6 Å². The lowest BCUT2D eigenvalue weighted by Crippen LogP contribution is -2.52.